The molecule has 10 nitrogen and oxygen atoms in total. The number of nitrogens with one attached hydrogen (secondary N) is 1. The van der Waals surface area contributed by atoms with Crippen LogP contribution in [0.4, 0.5) is 5.95 Å². The van der Waals surface area contributed by atoms with E-state index in [0.29, 0.717) is 42.9 Å². The monoisotopic (exact) mass is 504 g/mol. The minimum Gasteiger partial charge on any atom is -0.351 e. The lowest BCUT2D eigenvalue weighted by molar-refractivity contribution is 0.00733. The van der Waals surface area contributed by atoms with Crippen molar-refractivity contribution in [3.05, 3.63) is 28.2 Å². The fourth-order valence-electron chi connectivity index (χ4n) is 5.64. The molecule has 3 heterocycles. The van der Waals surface area contributed by atoms with Crippen molar-refractivity contribution in [1.29, 1.82) is 0 Å². The minimum absolute atomic E-state index is 0.0295. The summed E-state index contributed by atoms with van der Waals surface area (Å²) in [6.45, 7) is 7.27. The average molecular weight is 505 g/mol. The van der Waals surface area contributed by atoms with Crippen molar-refractivity contribution in [3.63, 3.8) is 0 Å². The lowest BCUT2D eigenvalue weighted by atomic mass is 9.61. The maximum Gasteiger partial charge on any atom is 0.265 e. The Morgan fingerprint density at radius 3 is 2.37 bits per heavy atom. The van der Waals surface area contributed by atoms with Gasteiger partial charge in [-0.05, 0) is 43.6 Å². The number of pyridine rings is 1. The number of rotatable bonds is 6. The van der Waals surface area contributed by atoms with Crippen molar-refractivity contribution in [2.75, 3.05) is 38.8 Å². The zero-order valence-corrected chi connectivity index (χ0v) is 22.2. The zero-order valence-electron chi connectivity index (χ0n) is 21.4. The van der Waals surface area contributed by atoms with E-state index in [1.807, 2.05) is 0 Å². The quantitative estimate of drug-likeness (QED) is 0.640. The van der Waals surface area contributed by atoms with Crippen molar-refractivity contribution < 1.29 is 13.2 Å². The molecule has 0 aromatic carbocycles. The normalized spacial score (nSPS) is 23.9. The highest BCUT2D eigenvalue weighted by Crippen LogP contribution is 2.50. The topological polar surface area (TPSA) is 117 Å². The Kier molecular flexibility index (Phi) is 6.69. The molecule has 0 bridgehead atoms. The van der Waals surface area contributed by atoms with Gasteiger partial charge in [-0.2, -0.15) is 4.98 Å². The van der Waals surface area contributed by atoms with Crippen LogP contribution in [0.2, 0.25) is 0 Å². The van der Waals surface area contributed by atoms with E-state index in [4.69, 9.17) is 4.98 Å². The zero-order chi connectivity index (χ0) is 25.7. The smallest absolute Gasteiger partial charge is 0.265 e. The van der Waals surface area contributed by atoms with Gasteiger partial charge in [0.1, 0.15) is 11.2 Å². The van der Waals surface area contributed by atoms with Crippen LogP contribution in [0.5, 0.6) is 0 Å². The van der Waals surface area contributed by atoms with Crippen LogP contribution in [0.25, 0.3) is 11.0 Å². The minimum atomic E-state index is -3.20. The van der Waals surface area contributed by atoms with Crippen molar-refractivity contribution in [1.82, 2.24) is 23.7 Å². The molecule has 4 rings (SSSR count). The summed E-state index contributed by atoms with van der Waals surface area (Å²) < 4.78 is 26.9. The fourth-order valence-corrected chi connectivity index (χ4v) is 6.51. The molecule has 1 aliphatic carbocycles. The molecule has 2 aromatic rings. The van der Waals surface area contributed by atoms with Gasteiger partial charge in [0.2, 0.25) is 16.0 Å². The molecule has 2 aliphatic rings. The lowest BCUT2D eigenvalue weighted by Gasteiger charge is -2.52. The van der Waals surface area contributed by atoms with Gasteiger partial charge in [0.25, 0.3) is 11.5 Å². The number of sulfonamides is 1. The molecule has 0 radical (unpaired) electrons. The van der Waals surface area contributed by atoms with Crippen LogP contribution >= 0.6 is 0 Å². The van der Waals surface area contributed by atoms with E-state index >= 15 is 0 Å². The lowest BCUT2D eigenvalue weighted by Crippen LogP contribution is -2.57. The Hall–Kier alpha value is -2.53. The highest BCUT2D eigenvalue weighted by Gasteiger charge is 2.50. The molecule has 1 saturated carbocycles. The van der Waals surface area contributed by atoms with Crippen LogP contribution in [-0.2, 0) is 15.6 Å². The number of hydrogen-bond donors (Lipinski definition) is 1. The van der Waals surface area contributed by atoms with E-state index in [2.05, 4.69) is 31.1 Å². The summed E-state index contributed by atoms with van der Waals surface area (Å²) in [5, 5.41) is 3.99. The van der Waals surface area contributed by atoms with Crippen molar-refractivity contribution in [2.24, 2.45) is 11.8 Å². The van der Waals surface area contributed by atoms with E-state index in [1.165, 1.54) is 15.5 Å². The van der Waals surface area contributed by atoms with Gasteiger partial charge in [0.05, 0.1) is 11.8 Å². The largest absolute Gasteiger partial charge is 0.351 e. The van der Waals surface area contributed by atoms with Gasteiger partial charge in [0.15, 0.2) is 0 Å². The van der Waals surface area contributed by atoms with Crippen molar-refractivity contribution >= 4 is 32.9 Å². The maximum atomic E-state index is 13.8. The second kappa shape index (κ2) is 9.16. The van der Waals surface area contributed by atoms with Crippen LogP contribution in [-0.4, -0.2) is 77.5 Å². The second-order valence-electron chi connectivity index (χ2n) is 10.5. The molecular formula is C24H36N6O4S. The molecule has 1 aliphatic heterocycles. The molecule has 2 fully saturated rings. The summed E-state index contributed by atoms with van der Waals surface area (Å²) in [6, 6.07) is 1.63. The van der Waals surface area contributed by atoms with Crippen molar-refractivity contribution in [2.45, 2.75) is 58.0 Å². The second-order valence-corrected chi connectivity index (χ2v) is 12.5. The Morgan fingerprint density at radius 1 is 1.23 bits per heavy atom. The van der Waals surface area contributed by atoms with Gasteiger partial charge in [-0.3, -0.25) is 14.2 Å². The van der Waals surface area contributed by atoms with Crippen LogP contribution < -0.4 is 10.9 Å². The molecule has 1 saturated heterocycles. The van der Waals surface area contributed by atoms with Crippen LogP contribution in [0.15, 0.2) is 17.1 Å². The molecule has 1 unspecified atom stereocenters. The molecule has 35 heavy (non-hydrogen) atoms. The summed E-state index contributed by atoms with van der Waals surface area (Å²) in [5.74, 6) is 0.501. The van der Waals surface area contributed by atoms with Gasteiger partial charge in [-0.1, -0.05) is 20.8 Å². The first kappa shape index (κ1) is 25.6. The van der Waals surface area contributed by atoms with Crippen molar-refractivity contribution in [3.8, 4) is 0 Å². The average Bonchev–Trinajstić information content (AvgIpc) is 2.78. The third-order valence-corrected chi connectivity index (χ3v) is 9.18. The number of anilines is 1. The number of hydrogen-bond acceptors (Lipinski definition) is 7. The number of amides is 1. The van der Waals surface area contributed by atoms with Gasteiger partial charge in [-0.15, -0.1) is 0 Å². The molecule has 192 valence electrons. The molecular weight excluding hydrogens is 468 g/mol. The van der Waals surface area contributed by atoms with Gasteiger partial charge in [0, 0.05) is 44.8 Å². The van der Waals surface area contributed by atoms with Gasteiger partial charge >= 0.3 is 0 Å². The summed E-state index contributed by atoms with van der Waals surface area (Å²) >= 11 is 0. The SMILES string of the molecule is CC(C)C1(n2c(=O)c(C(=O)N(C)C)cc3cnc(NC4CCN(S(C)(=O)=O)CC4)nc32)CC[C@H]1C. The van der Waals surface area contributed by atoms with Crippen LogP contribution in [0.3, 0.4) is 0 Å². The molecule has 2 atom stereocenters. The first-order valence-corrected chi connectivity index (χ1v) is 14.1. The summed E-state index contributed by atoms with van der Waals surface area (Å²) in [4.78, 5) is 37.4. The van der Waals surface area contributed by atoms with Crippen LogP contribution in [0, 0.1) is 11.8 Å². The highest BCUT2D eigenvalue weighted by atomic mass is 32.2. The number of fused-ring (bicyclic) bond motifs is 1. The summed E-state index contributed by atoms with van der Waals surface area (Å²) in [5.41, 5.74) is -0.0945. The van der Waals surface area contributed by atoms with E-state index in [-0.39, 0.29) is 34.9 Å². The third-order valence-electron chi connectivity index (χ3n) is 7.88. The maximum absolute atomic E-state index is 13.8. The Balaban J connectivity index is 1.78. The molecule has 2 aromatic heterocycles. The fraction of sp³-hybridized carbons (Fsp3) is 0.667. The standard InChI is InChI=1S/C24H36N6O4S/c1-15(2)24(10-7-16(24)3)30-20-17(13-19(22(30)32)21(31)28(4)5)14-25-23(27-20)26-18-8-11-29(12-9-18)35(6,33)34/h13-16,18H,7-12H2,1-6H3,(H,25,26,27)/t16-,24?/m1/s1. The number of carbonyl (C=O) groups is 1. The number of carbonyl (C=O) groups excluding carboxylic acids is 1. The van der Waals surface area contributed by atoms with E-state index in [9.17, 15) is 18.0 Å². The first-order valence-electron chi connectivity index (χ1n) is 12.2. The molecule has 0 spiro atoms. The molecule has 1 amide bonds. The number of nitrogens with zero attached hydrogens (tertiary/aromatic N) is 5. The van der Waals surface area contributed by atoms with E-state index in [1.54, 1.807) is 30.9 Å². The highest BCUT2D eigenvalue weighted by molar-refractivity contribution is 7.88. The van der Waals surface area contributed by atoms with Gasteiger partial charge in [-0.25, -0.2) is 17.7 Å². The predicted molar refractivity (Wildman–Crippen MR) is 136 cm³/mol. The van der Waals surface area contributed by atoms with E-state index < -0.39 is 15.6 Å². The molecule has 11 heteroatoms. The summed E-state index contributed by atoms with van der Waals surface area (Å²) in [7, 11) is 0.0762. The number of aromatic nitrogens is 3. The third kappa shape index (κ3) is 4.44. The molecule has 1 N–H and O–H groups in total. The Labute approximate surface area is 206 Å². The van der Waals surface area contributed by atoms with E-state index in [0.717, 1.165) is 12.8 Å². The number of piperidine rings is 1. The Morgan fingerprint density at radius 2 is 1.89 bits per heavy atom. The predicted octanol–water partition coefficient (Wildman–Crippen LogP) is 2.11. The summed E-state index contributed by atoms with van der Waals surface area (Å²) in [6.07, 6.45) is 6.03. The van der Waals surface area contributed by atoms with Crippen LogP contribution in [0.1, 0.15) is 56.8 Å². The van der Waals surface area contributed by atoms with Gasteiger partial charge < -0.3 is 10.2 Å². The first-order chi connectivity index (χ1) is 16.4. The Bertz CT molecular complexity index is 1290.